The molecule has 0 spiro atoms. The fourth-order valence-electron chi connectivity index (χ4n) is 1.21. The minimum absolute atomic E-state index is 0.000625. The van der Waals surface area contributed by atoms with E-state index in [2.05, 4.69) is 6.92 Å². The first-order valence-electron chi connectivity index (χ1n) is 6.91. The lowest BCUT2D eigenvalue weighted by atomic mass is 10.4. The van der Waals surface area contributed by atoms with Crippen LogP contribution >= 0.6 is 0 Å². The Morgan fingerprint density at radius 2 is 1.42 bits per heavy atom. The first-order chi connectivity index (χ1) is 8.95. The van der Waals surface area contributed by atoms with Crippen LogP contribution < -0.4 is 0 Å². The third-order valence-electron chi connectivity index (χ3n) is 2.03. The Bertz CT molecular complexity index is 228. The molecular formula is C13H28O5Si. The molecule has 0 atom stereocenters. The number of carbonyl (C=O) groups is 1. The third kappa shape index (κ3) is 15.5. The van der Waals surface area contributed by atoms with E-state index in [1.54, 1.807) is 0 Å². The van der Waals surface area contributed by atoms with Gasteiger partial charge >= 0.3 is 5.97 Å². The highest BCUT2D eigenvalue weighted by Gasteiger charge is 2.19. The second kappa shape index (κ2) is 11.4. The molecule has 0 aromatic carbocycles. The van der Waals surface area contributed by atoms with Crippen molar-refractivity contribution in [1.82, 2.24) is 0 Å². The van der Waals surface area contributed by atoms with Crippen molar-refractivity contribution in [2.24, 2.45) is 0 Å². The Morgan fingerprint density at radius 3 is 1.95 bits per heavy atom. The standard InChI is InChI=1S/C13H28O5Si/c1-5-6-7-15-8-9-16-10-11-17-12-13(14)18-19(2,3)4/h5-12H2,1-4H3. The fraction of sp³-hybridized carbons (Fsp3) is 0.923. The first-order valence-corrected chi connectivity index (χ1v) is 10.3. The highest BCUT2D eigenvalue weighted by atomic mass is 28.4. The van der Waals surface area contributed by atoms with Gasteiger partial charge in [0.2, 0.25) is 8.32 Å². The number of rotatable bonds is 12. The second-order valence-electron chi connectivity index (χ2n) is 5.22. The van der Waals surface area contributed by atoms with Crippen LogP contribution in [-0.2, 0) is 23.4 Å². The second-order valence-corrected chi connectivity index (χ2v) is 9.65. The van der Waals surface area contributed by atoms with Gasteiger partial charge in [0.1, 0.15) is 6.61 Å². The molecule has 0 radical (unpaired) electrons. The van der Waals surface area contributed by atoms with Gasteiger partial charge < -0.3 is 18.6 Å². The molecule has 0 unspecified atom stereocenters. The van der Waals surface area contributed by atoms with Crippen LogP contribution in [0.2, 0.25) is 19.6 Å². The van der Waals surface area contributed by atoms with Gasteiger partial charge in [-0.2, -0.15) is 0 Å². The largest absolute Gasteiger partial charge is 0.518 e. The van der Waals surface area contributed by atoms with Crippen LogP contribution in [0.25, 0.3) is 0 Å². The van der Waals surface area contributed by atoms with E-state index in [1.807, 2.05) is 19.6 Å². The zero-order chi connectivity index (χ0) is 14.6. The molecule has 0 bridgehead atoms. The monoisotopic (exact) mass is 292 g/mol. The minimum Gasteiger partial charge on any atom is -0.518 e. The number of hydrogen-bond acceptors (Lipinski definition) is 5. The predicted octanol–water partition coefficient (Wildman–Crippen LogP) is 2.21. The number of hydrogen-bond donors (Lipinski definition) is 0. The summed E-state index contributed by atoms with van der Waals surface area (Å²) in [6.45, 7) is 10.9. The Hall–Kier alpha value is -0.433. The van der Waals surface area contributed by atoms with E-state index in [0.29, 0.717) is 26.4 Å². The van der Waals surface area contributed by atoms with Gasteiger partial charge in [0, 0.05) is 6.61 Å². The summed E-state index contributed by atoms with van der Waals surface area (Å²) >= 11 is 0. The van der Waals surface area contributed by atoms with Gasteiger partial charge in [-0.3, -0.25) is 4.79 Å². The highest BCUT2D eigenvalue weighted by Crippen LogP contribution is 2.02. The van der Waals surface area contributed by atoms with Crippen molar-refractivity contribution < 1.29 is 23.4 Å². The average Bonchev–Trinajstić information content (AvgIpc) is 2.29. The van der Waals surface area contributed by atoms with E-state index in [1.165, 1.54) is 0 Å². The zero-order valence-electron chi connectivity index (χ0n) is 12.7. The summed E-state index contributed by atoms with van der Waals surface area (Å²) in [5.41, 5.74) is 0. The van der Waals surface area contributed by atoms with E-state index >= 15 is 0 Å². The Kier molecular flexibility index (Phi) is 11.1. The molecule has 5 nitrogen and oxygen atoms in total. The molecule has 0 heterocycles. The summed E-state index contributed by atoms with van der Waals surface area (Å²) in [5.74, 6) is -0.290. The Balaban J connectivity index is 3.21. The minimum atomic E-state index is -1.79. The summed E-state index contributed by atoms with van der Waals surface area (Å²) in [5, 5.41) is 0. The van der Waals surface area contributed by atoms with Crippen molar-refractivity contribution in [2.45, 2.75) is 39.4 Å². The lowest BCUT2D eigenvalue weighted by Crippen LogP contribution is -2.31. The molecule has 0 aromatic rings. The van der Waals surface area contributed by atoms with Gasteiger partial charge in [0.15, 0.2) is 0 Å². The summed E-state index contributed by atoms with van der Waals surface area (Å²) in [4.78, 5) is 11.3. The van der Waals surface area contributed by atoms with E-state index in [0.717, 1.165) is 19.4 Å². The smallest absolute Gasteiger partial charge is 0.318 e. The molecule has 6 heteroatoms. The van der Waals surface area contributed by atoms with E-state index in [9.17, 15) is 4.79 Å². The molecule has 19 heavy (non-hydrogen) atoms. The Labute approximate surface area is 117 Å². The van der Waals surface area contributed by atoms with Crippen LogP contribution in [0, 0.1) is 0 Å². The third-order valence-corrected chi connectivity index (χ3v) is 2.87. The van der Waals surface area contributed by atoms with Crippen LogP contribution in [0.15, 0.2) is 0 Å². The summed E-state index contributed by atoms with van der Waals surface area (Å²) in [6, 6.07) is 0. The van der Waals surface area contributed by atoms with Crippen LogP contribution in [0.5, 0.6) is 0 Å². The summed E-state index contributed by atoms with van der Waals surface area (Å²) in [7, 11) is -1.79. The van der Waals surface area contributed by atoms with Gasteiger partial charge in [-0.1, -0.05) is 13.3 Å². The Morgan fingerprint density at radius 1 is 0.895 bits per heavy atom. The SMILES string of the molecule is CCCCOCCOCCOCC(=O)O[Si](C)(C)C. The lowest BCUT2D eigenvalue weighted by molar-refractivity contribution is -0.140. The van der Waals surface area contributed by atoms with Crippen LogP contribution in [-0.4, -0.2) is 53.9 Å². The normalized spacial score (nSPS) is 11.6. The first kappa shape index (κ1) is 18.6. The lowest BCUT2D eigenvalue weighted by Gasteiger charge is -2.17. The van der Waals surface area contributed by atoms with Gasteiger partial charge in [-0.15, -0.1) is 0 Å². The topological polar surface area (TPSA) is 54.0 Å². The molecule has 0 aromatic heterocycles. The van der Waals surface area contributed by atoms with Crippen molar-refractivity contribution in [2.75, 3.05) is 39.6 Å². The van der Waals surface area contributed by atoms with Crippen molar-refractivity contribution in [1.29, 1.82) is 0 Å². The van der Waals surface area contributed by atoms with Crippen LogP contribution in [0.1, 0.15) is 19.8 Å². The molecule has 0 saturated carbocycles. The molecular weight excluding hydrogens is 264 g/mol. The van der Waals surface area contributed by atoms with Crippen LogP contribution in [0.4, 0.5) is 0 Å². The molecule has 114 valence electrons. The van der Waals surface area contributed by atoms with Gasteiger partial charge in [0.05, 0.1) is 26.4 Å². The average molecular weight is 292 g/mol. The van der Waals surface area contributed by atoms with E-state index in [-0.39, 0.29) is 12.6 Å². The molecule has 0 aliphatic rings. The summed E-state index contributed by atoms with van der Waals surface area (Å²) in [6.07, 6.45) is 2.23. The van der Waals surface area contributed by atoms with Crippen molar-refractivity contribution in [3.05, 3.63) is 0 Å². The maximum atomic E-state index is 11.3. The number of carbonyl (C=O) groups excluding carboxylic acids is 1. The highest BCUT2D eigenvalue weighted by molar-refractivity contribution is 6.71. The molecule has 0 N–H and O–H groups in total. The van der Waals surface area contributed by atoms with E-state index in [4.69, 9.17) is 18.6 Å². The molecule has 0 rings (SSSR count). The fourth-order valence-corrected chi connectivity index (χ4v) is 1.95. The maximum Gasteiger partial charge on any atom is 0.318 e. The summed E-state index contributed by atoms with van der Waals surface area (Å²) < 4.78 is 21.0. The predicted molar refractivity (Wildman–Crippen MR) is 76.8 cm³/mol. The van der Waals surface area contributed by atoms with Gasteiger partial charge in [-0.25, -0.2) is 0 Å². The molecule has 0 aliphatic heterocycles. The van der Waals surface area contributed by atoms with Gasteiger partial charge in [-0.05, 0) is 26.1 Å². The number of unbranched alkanes of at least 4 members (excludes halogenated alkanes) is 1. The number of ether oxygens (including phenoxy) is 3. The molecule has 0 saturated heterocycles. The molecule has 0 amide bonds. The van der Waals surface area contributed by atoms with E-state index < -0.39 is 8.32 Å². The zero-order valence-corrected chi connectivity index (χ0v) is 13.7. The molecule has 0 aliphatic carbocycles. The van der Waals surface area contributed by atoms with Crippen LogP contribution in [0.3, 0.4) is 0 Å². The quantitative estimate of drug-likeness (QED) is 0.408. The van der Waals surface area contributed by atoms with Crippen molar-refractivity contribution in [3.63, 3.8) is 0 Å². The van der Waals surface area contributed by atoms with Crippen molar-refractivity contribution >= 4 is 14.3 Å². The molecule has 0 fully saturated rings. The van der Waals surface area contributed by atoms with Crippen molar-refractivity contribution in [3.8, 4) is 0 Å². The van der Waals surface area contributed by atoms with Gasteiger partial charge in [0.25, 0.3) is 0 Å². The maximum absolute atomic E-state index is 11.3.